The minimum Gasteiger partial charge on any atom is -0.496 e. The van der Waals surface area contributed by atoms with Gasteiger partial charge in [0.1, 0.15) is 5.75 Å². The summed E-state index contributed by atoms with van der Waals surface area (Å²) in [7, 11) is 1.75. The number of benzene rings is 1. The van der Waals surface area contributed by atoms with E-state index in [4.69, 9.17) is 4.74 Å². The maximum Gasteiger partial charge on any atom is 0.123 e. The van der Waals surface area contributed by atoms with Crippen molar-refractivity contribution < 1.29 is 4.74 Å². The van der Waals surface area contributed by atoms with Gasteiger partial charge in [0.15, 0.2) is 0 Å². The fourth-order valence-corrected chi connectivity index (χ4v) is 4.83. The van der Waals surface area contributed by atoms with Crippen LogP contribution >= 0.6 is 27.7 Å². The molecule has 19 heavy (non-hydrogen) atoms. The van der Waals surface area contributed by atoms with Crippen molar-refractivity contribution in [2.45, 2.75) is 37.8 Å². The predicted octanol–water partition coefficient (Wildman–Crippen LogP) is 4.38. The Hall–Kier alpha value is -0.190. The van der Waals surface area contributed by atoms with E-state index in [-0.39, 0.29) is 0 Å². The lowest BCUT2D eigenvalue weighted by atomic mass is 9.92. The summed E-state index contributed by atoms with van der Waals surface area (Å²) in [6.45, 7) is 7.77. The van der Waals surface area contributed by atoms with Crippen LogP contribution in [0.15, 0.2) is 16.6 Å². The summed E-state index contributed by atoms with van der Waals surface area (Å²) in [6, 6.07) is 4.56. The summed E-state index contributed by atoms with van der Waals surface area (Å²) in [5.41, 5.74) is 2.73. The SMILES string of the molecule is CCNC1c2c(Br)ccc(OC)c2CSC1C(C)C. The molecule has 0 amide bonds. The van der Waals surface area contributed by atoms with Gasteiger partial charge < -0.3 is 10.1 Å². The number of halogens is 1. The molecule has 0 saturated heterocycles. The van der Waals surface area contributed by atoms with Gasteiger partial charge >= 0.3 is 0 Å². The van der Waals surface area contributed by atoms with Crippen molar-refractivity contribution >= 4 is 27.7 Å². The Balaban J connectivity index is 2.49. The van der Waals surface area contributed by atoms with Crippen LogP contribution < -0.4 is 10.1 Å². The Morgan fingerprint density at radius 2 is 2.21 bits per heavy atom. The predicted molar refractivity (Wildman–Crippen MR) is 87.0 cm³/mol. The second kappa shape index (κ2) is 6.51. The van der Waals surface area contributed by atoms with Gasteiger partial charge in [-0.25, -0.2) is 0 Å². The molecule has 1 aliphatic heterocycles. The molecule has 2 rings (SSSR count). The molecule has 106 valence electrons. The van der Waals surface area contributed by atoms with Gasteiger partial charge in [0.05, 0.1) is 7.11 Å². The maximum atomic E-state index is 5.53. The zero-order chi connectivity index (χ0) is 14.0. The minimum atomic E-state index is 0.392. The van der Waals surface area contributed by atoms with Crippen LogP contribution in [0.1, 0.15) is 37.9 Å². The van der Waals surface area contributed by atoms with E-state index in [2.05, 4.69) is 54.2 Å². The second-order valence-corrected chi connectivity index (χ2v) is 7.22. The number of hydrogen-bond donors (Lipinski definition) is 1. The van der Waals surface area contributed by atoms with Gasteiger partial charge in [-0.05, 0) is 30.2 Å². The average Bonchev–Trinajstić information content (AvgIpc) is 2.39. The maximum absolute atomic E-state index is 5.53. The molecule has 0 aromatic heterocycles. The molecule has 0 radical (unpaired) electrons. The highest BCUT2D eigenvalue weighted by Crippen LogP contribution is 2.46. The Labute approximate surface area is 128 Å². The van der Waals surface area contributed by atoms with Crippen molar-refractivity contribution in [3.8, 4) is 5.75 Å². The van der Waals surface area contributed by atoms with Gasteiger partial charge in [0.25, 0.3) is 0 Å². The third-order valence-electron chi connectivity index (χ3n) is 3.62. The van der Waals surface area contributed by atoms with Gasteiger partial charge in [-0.1, -0.05) is 36.7 Å². The van der Waals surface area contributed by atoms with E-state index in [1.54, 1.807) is 7.11 Å². The third kappa shape index (κ3) is 2.96. The molecule has 1 aliphatic rings. The number of methoxy groups -OCH3 is 1. The van der Waals surface area contributed by atoms with Crippen LogP contribution in [-0.4, -0.2) is 18.9 Å². The highest BCUT2D eigenvalue weighted by atomic mass is 79.9. The molecular weight excluding hydrogens is 322 g/mol. The molecular formula is C15H22BrNOS. The Kier molecular flexibility index (Phi) is 5.21. The normalized spacial score (nSPS) is 22.4. The van der Waals surface area contributed by atoms with Crippen molar-refractivity contribution in [3.05, 3.63) is 27.7 Å². The van der Waals surface area contributed by atoms with E-state index in [9.17, 15) is 0 Å². The van der Waals surface area contributed by atoms with Crippen molar-refractivity contribution in [3.63, 3.8) is 0 Å². The molecule has 1 N–H and O–H groups in total. The molecule has 2 atom stereocenters. The highest BCUT2D eigenvalue weighted by molar-refractivity contribution is 9.10. The van der Waals surface area contributed by atoms with E-state index in [0.29, 0.717) is 17.2 Å². The zero-order valence-corrected chi connectivity index (χ0v) is 14.4. The molecule has 0 saturated carbocycles. The number of rotatable bonds is 4. The van der Waals surface area contributed by atoms with Gasteiger partial charge in [-0.15, -0.1) is 0 Å². The standard InChI is InChI=1S/C15H22BrNOS/c1-5-17-14-13-10(8-19-15(14)9(2)3)12(18-4)7-6-11(13)16/h6-7,9,14-15,17H,5,8H2,1-4H3. The molecule has 1 heterocycles. The lowest BCUT2D eigenvalue weighted by Gasteiger charge is -2.37. The van der Waals surface area contributed by atoms with Gasteiger partial charge in [0.2, 0.25) is 0 Å². The fraction of sp³-hybridized carbons (Fsp3) is 0.600. The quantitative estimate of drug-likeness (QED) is 0.876. The number of fused-ring (bicyclic) bond motifs is 1. The highest BCUT2D eigenvalue weighted by Gasteiger charge is 2.34. The fourth-order valence-electron chi connectivity index (χ4n) is 2.75. The first-order valence-corrected chi connectivity index (χ1v) is 8.64. The molecule has 1 aromatic rings. The molecule has 0 aliphatic carbocycles. The van der Waals surface area contributed by atoms with Crippen LogP contribution in [0, 0.1) is 5.92 Å². The summed E-state index contributed by atoms with van der Waals surface area (Å²) in [6.07, 6.45) is 0. The topological polar surface area (TPSA) is 21.3 Å². The first-order chi connectivity index (χ1) is 9.10. The Morgan fingerprint density at radius 1 is 1.47 bits per heavy atom. The molecule has 4 heteroatoms. The summed E-state index contributed by atoms with van der Waals surface area (Å²) < 4.78 is 6.72. The van der Waals surface area contributed by atoms with Crippen molar-refractivity contribution in [2.75, 3.05) is 13.7 Å². The van der Waals surface area contributed by atoms with Crippen LogP contribution in [0.25, 0.3) is 0 Å². The molecule has 2 unspecified atom stereocenters. The monoisotopic (exact) mass is 343 g/mol. The number of hydrogen-bond acceptors (Lipinski definition) is 3. The van der Waals surface area contributed by atoms with E-state index in [0.717, 1.165) is 18.0 Å². The Morgan fingerprint density at radius 3 is 2.79 bits per heavy atom. The molecule has 1 aromatic carbocycles. The van der Waals surface area contributed by atoms with Crippen molar-refractivity contribution in [1.82, 2.24) is 5.32 Å². The van der Waals surface area contributed by atoms with Crippen LogP contribution in [0.4, 0.5) is 0 Å². The van der Waals surface area contributed by atoms with E-state index < -0.39 is 0 Å². The Bertz CT molecular complexity index is 450. The molecule has 0 spiro atoms. The summed E-state index contributed by atoms with van der Waals surface area (Å²) >= 11 is 5.76. The van der Waals surface area contributed by atoms with Crippen LogP contribution in [0.5, 0.6) is 5.75 Å². The third-order valence-corrected chi connectivity index (χ3v) is 5.97. The largest absolute Gasteiger partial charge is 0.496 e. The van der Waals surface area contributed by atoms with E-state index >= 15 is 0 Å². The van der Waals surface area contributed by atoms with Gasteiger partial charge in [-0.3, -0.25) is 0 Å². The first-order valence-electron chi connectivity index (χ1n) is 6.80. The van der Waals surface area contributed by atoms with Crippen LogP contribution in [0.3, 0.4) is 0 Å². The molecule has 0 fully saturated rings. The van der Waals surface area contributed by atoms with Crippen LogP contribution in [-0.2, 0) is 5.75 Å². The average molecular weight is 344 g/mol. The van der Waals surface area contributed by atoms with Crippen molar-refractivity contribution in [1.29, 1.82) is 0 Å². The number of ether oxygens (including phenoxy) is 1. The van der Waals surface area contributed by atoms with Crippen LogP contribution in [0.2, 0.25) is 0 Å². The van der Waals surface area contributed by atoms with Gasteiger partial charge in [-0.2, -0.15) is 11.8 Å². The van der Waals surface area contributed by atoms with E-state index in [1.165, 1.54) is 15.6 Å². The summed E-state index contributed by atoms with van der Waals surface area (Å²) in [5.74, 6) is 2.69. The number of thioether (sulfide) groups is 1. The van der Waals surface area contributed by atoms with Crippen molar-refractivity contribution in [2.24, 2.45) is 5.92 Å². The van der Waals surface area contributed by atoms with Gasteiger partial charge in [0, 0.05) is 27.1 Å². The summed E-state index contributed by atoms with van der Waals surface area (Å²) in [5, 5.41) is 4.27. The lowest BCUT2D eigenvalue weighted by molar-refractivity contribution is 0.402. The molecule has 0 bridgehead atoms. The van der Waals surface area contributed by atoms with E-state index in [1.807, 2.05) is 11.8 Å². The first kappa shape index (κ1) is 15.2. The summed E-state index contributed by atoms with van der Waals surface area (Å²) in [4.78, 5) is 0. The smallest absolute Gasteiger partial charge is 0.123 e. The molecule has 2 nitrogen and oxygen atoms in total. The number of nitrogens with one attached hydrogen (secondary N) is 1. The lowest BCUT2D eigenvalue weighted by Crippen LogP contribution is -2.36. The second-order valence-electron chi connectivity index (χ2n) is 5.20. The minimum absolute atomic E-state index is 0.392. The zero-order valence-electron chi connectivity index (χ0n) is 12.0.